The largest absolute Gasteiger partial charge is 0.496 e. The van der Waals surface area contributed by atoms with Crippen LogP contribution in [0.2, 0.25) is 0 Å². The lowest BCUT2D eigenvalue weighted by Crippen LogP contribution is -2.26. The quantitative estimate of drug-likeness (QED) is 0.615. The minimum atomic E-state index is -4.63. The summed E-state index contributed by atoms with van der Waals surface area (Å²) in [4.78, 5) is 24.5. The first-order chi connectivity index (χ1) is 13.2. The molecule has 0 bridgehead atoms. The lowest BCUT2D eigenvalue weighted by molar-refractivity contribution is -0.143. The molecular weight excluding hydrogens is 379 g/mol. The zero-order valence-electron chi connectivity index (χ0n) is 15.3. The van der Waals surface area contributed by atoms with E-state index in [9.17, 15) is 22.8 Å². The third-order valence-corrected chi connectivity index (χ3v) is 3.77. The molecule has 0 aliphatic carbocycles. The number of anilines is 1. The number of alkyl halides is 3. The van der Waals surface area contributed by atoms with Crippen LogP contribution in [-0.2, 0) is 13.2 Å². The average molecular weight is 399 g/mol. The second-order valence-electron chi connectivity index (χ2n) is 5.80. The van der Waals surface area contributed by atoms with Gasteiger partial charge in [-0.05, 0) is 31.2 Å². The molecule has 152 valence electrons. The van der Waals surface area contributed by atoms with Gasteiger partial charge in [-0.2, -0.15) is 18.3 Å². The van der Waals surface area contributed by atoms with E-state index in [0.717, 1.165) is 7.05 Å². The average Bonchev–Trinajstić information content (AvgIpc) is 3.04. The van der Waals surface area contributed by atoms with E-state index < -0.39 is 29.4 Å². The monoisotopic (exact) mass is 399 g/mol. The molecule has 2 aromatic rings. The van der Waals surface area contributed by atoms with E-state index in [1.807, 2.05) is 0 Å². The minimum Gasteiger partial charge on any atom is -0.496 e. The molecule has 0 saturated heterocycles. The first-order valence-corrected chi connectivity index (χ1v) is 8.26. The number of amides is 2. The Kier molecular flexibility index (Phi) is 6.62. The highest BCUT2D eigenvalue weighted by Gasteiger charge is 2.35. The van der Waals surface area contributed by atoms with Crippen molar-refractivity contribution in [3.63, 3.8) is 0 Å². The van der Waals surface area contributed by atoms with Gasteiger partial charge in [0.05, 0.1) is 12.7 Å². The topological polar surface area (TPSA) is 111 Å². The summed E-state index contributed by atoms with van der Waals surface area (Å²) in [5.74, 6) is -0.996. The van der Waals surface area contributed by atoms with Gasteiger partial charge in [-0.15, -0.1) is 0 Å². The van der Waals surface area contributed by atoms with Crippen molar-refractivity contribution in [3.05, 3.63) is 41.2 Å². The number of aromatic nitrogens is 2. The summed E-state index contributed by atoms with van der Waals surface area (Å²) >= 11 is 0. The van der Waals surface area contributed by atoms with E-state index in [1.54, 1.807) is 0 Å². The number of benzene rings is 1. The van der Waals surface area contributed by atoms with Crippen LogP contribution >= 0.6 is 0 Å². The van der Waals surface area contributed by atoms with Gasteiger partial charge < -0.3 is 21.1 Å². The van der Waals surface area contributed by atoms with Gasteiger partial charge in [0.1, 0.15) is 11.4 Å². The number of carbonyl (C=O) groups excluding carboxylic acids is 2. The van der Waals surface area contributed by atoms with Crippen LogP contribution < -0.4 is 21.1 Å². The number of ether oxygens (including phenoxy) is 1. The van der Waals surface area contributed by atoms with Crippen LogP contribution in [0, 0.1) is 0 Å². The van der Waals surface area contributed by atoms with Crippen molar-refractivity contribution in [3.8, 4) is 5.75 Å². The molecule has 0 aliphatic rings. The summed E-state index contributed by atoms with van der Waals surface area (Å²) in [6.07, 6.45) is -4.04. The van der Waals surface area contributed by atoms with Gasteiger partial charge in [0.2, 0.25) is 0 Å². The predicted octanol–water partition coefficient (Wildman–Crippen LogP) is 1.78. The van der Waals surface area contributed by atoms with Gasteiger partial charge in [-0.1, -0.05) is 0 Å². The molecule has 0 aliphatic heterocycles. The Bertz CT molecular complexity index is 864. The van der Waals surface area contributed by atoms with Crippen molar-refractivity contribution >= 4 is 17.5 Å². The Labute approximate surface area is 158 Å². The van der Waals surface area contributed by atoms with Gasteiger partial charge >= 0.3 is 6.18 Å². The first-order valence-electron chi connectivity index (χ1n) is 8.26. The molecule has 2 rings (SSSR count). The molecule has 0 unspecified atom stereocenters. The maximum atomic E-state index is 12.8. The predicted molar refractivity (Wildman–Crippen MR) is 95.2 cm³/mol. The highest BCUT2D eigenvalue weighted by Crippen LogP contribution is 2.29. The maximum absolute atomic E-state index is 12.8. The van der Waals surface area contributed by atoms with Gasteiger partial charge in [0, 0.05) is 25.3 Å². The third kappa shape index (κ3) is 5.00. The number of hydrogen-bond donors (Lipinski definition) is 3. The van der Waals surface area contributed by atoms with Crippen LogP contribution in [0.5, 0.6) is 5.75 Å². The molecule has 8 nitrogen and oxygen atoms in total. The van der Waals surface area contributed by atoms with Crippen molar-refractivity contribution in [1.29, 1.82) is 0 Å². The summed E-state index contributed by atoms with van der Waals surface area (Å²) in [5, 5.41) is 8.67. The summed E-state index contributed by atoms with van der Waals surface area (Å²) in [7, 11) is 2.48. The van der Waals surface area contributed by atoms with E-state index in [1.165, 1.54) is 25.3 Å². The summed E-state index contributed by atoms with van der Waals surface area (Å²) in [6, 6.07) is 4.94. The molecule has 0 saturated carbocycles. The van der Waals surface area contributed by atoms with Gasteiger partial charge in [0.25, 0.3) is 11.8 Å². The van der Waals surface area contributed by atoms with Gasteiger partial charge in [0.15, 0.2) is 5.69 Å². The molecule has 28 heavy (non-hydrogen) atoms. The van der Waals surface area contributed by atoms with Crippen LogP contribution in [0.25, 0.3) is 0 Å². The number of aryl methyl sites for hydroxylation is 1. The van der Waals surface area contributed by atoms with Crippen molar-refractivity contribution in [1.82, 2.24) is 15.1 Å². The molecule has 0 atom stereocenters. The lowest BCUT2D eigenvalue weighted by Gasteiger charge is -2.11. The van der Waals surface area contributed by atoms with E-state index in [4.69, 9.17) is 10.5 Å². The fourth-order valence-electron chi connectivity index (χ4n) is 2.40. The number of halogens is 3. The van der Waals surface area contributed by atoms with Crippen LogP contribution in [0.1, 0.15) is 33.0 Å². The van der Waals surface area contributed by atoms with Crippen molar-refractivity contribution in [2.45, 2.75) is 12.6 Å². The lowest BCUT2D eigenvalue weighted by atomic mass is 10.1. The Morgan fingerprint density at radius 3 is 2.54 bits per heavy atom. The van der Waals surface area contributed by atoms with E-state index in [-0.39, 0.29) is 17.0 Å². The fraction of sp³-hybridized carbons (Fsp3) is 0.353. The van der Waals surface area contributed by atoms with Crippen molar-refractivity contribution < 1.29 is 27.5 Å². The van der Waals surface area contributed by atoms with Crippen LogP contribution in [0.3, 0.4) is 0 Å². The van der Waals surface area contributed by atoms with Crippen LogP contribution in [-0.4, -0.2) is 41.8 Å². The van der Waals surface area contributed by atoms with E-state index >= 15 is 0 Å². The molecule has 1 heterocycles. The number of nitrogens with two attached hydrogens (primary N) is 1. The molecule has 0 spiro atoms. The minimum absolute atomic E-state index is 0.161. The molecule has 1 aromatic heterocycles. The normalized spacial score (nSPS) is 11.2. The van der Waals surface area contributed by atoms with Crippen LogP contribution in [0.4, 0.5) is 18.9 Å². The Hall–Kier alpha value is -3.08. The molecule has 11 heteroatoms. The van der Waals surface area contributed by atoms with Gasteiger partial charge in [-0.25, -0.2) is 0 Å². The number of carbonyl (C=O) groups is 2. The van der Waals surface area contributed by atoms with Crippen LogP contribution in [0.15, 0.2) is 24.3 Å². The second-order valence-corrected chi connectivity index (χ2v) is 5.80. The molecule has 4 N–H and O–H groups in total. The highest BCUT2D eigenvalue weighted by atomic mass is 19.4. The first kappa shape index (κ1) is 21.2. The standard InChI is InChI=1S/C17H20F3N5O3/c1-25-14(17(18,19)20)9-12(24-25)16(27)23-10-4-5-13(28-2)11(8-10)15(26)22-7-3-6-21/h4-5,8-9H,3,6-7,21H2,1-2H3,(H,22,26)(H,23,27). The summed E-state index contributed by atoms with van der Waals surface area (Å²) in [6.45, 7) is 0.779. The Morgan fingerprint density at radius 1 is 1.25 bits per heavy atom. The zero-order valence-corrected chi connectivity index (χ0v) is 15.3. The number of hydrogen-bond acceptors (Lipinski definition) is 5. The molecule has 0 fully saturated rings. The fourth-order valence-corrected chi connectivity index (χ4v) is 2.40. The molecule has 1 aromatic carbocycles. The third-order valence-electron chi connectivity index (χ3n) is 3.77. The number of nitrogens with zero attached hydrogens (tertiary/aromatic N) is 2. The summed E-state index contributed by atoms with van der Waals surface area (Å²) in [5.41, 5.74) is 4.29. The second kappa shape index (κ2) is 8.74. The number of rotatable bonds is 7. The molecule has 2 amide bonds. The Balaban J connectivity index is 2.21. The van der Waals surface area contributed by atoms with E-state index in [0.29, 0.717) is 30.3 Å². The number of methoxy groups -OCH3 is 1. The van der Waals surface area contributed by atoms with Crippen molar-refractivity contribution in [2.24, 2.45) is 12.8 Å². The number of nitrogens with one attached hydrogen (secondary N) is 2. The van der Waals surface area contributed by atoms with Crippen molar-refractivity contribution in [2.75, 3.05) is 25.5 Å². The summed E-state index contributed by atoms with van der Waals surface area (Å²) < 4.78 is 44.3. The SMILES string of the molecule is COc1ccc(NC(=O)c2cc(C(F)(F)F)n(C)n2)cc1C(=O)NCCCN. The van der Waals surface area contributed by atoms with E-state index in [2.05, 4.69) is 15.7 Å². The smallest absolute Gasteiger partial charge is 0.433 e. The maximum Gasteiger partial charge on any atom is 0.433 e. The molecular formula is C17H20F3N5O3. The Morgan fingerprint density at radius 2 is 1.96 bits per heavy atom. The zero-order chi connectivity index (χ0) is 20.9. The van der Waals surface area contributed by atoms with Gasteiger partial charge in [-0.3, -0.25) is 14.3 Å². The molecule has 0 radical (unpaired) electrons. The highest BCUT2D eigenvalue weighted by molar-refractivity contribution is 6.04.